The van der Waals surface area contributed by atoms with Gasteiger partial charge in [-0.3, -0.25) is 4.57 Å². The highest BCUT2D eigenvalue weighted by Gasteiger charge is 2.15. The molecule has 0 aliphatic carbocycles. The van der Waals surface area contributed by atoms with Crippen molar-refractivity contribution >= 4 is 67.1 Å². The molecule has 0 aliphatic heterocycles. The summed E-state index contributed by atoms with van der Waals surface area (Å²) in [6, 6.07) is 26.9. The van der Waals surface area contributed by atoms with E-state index >= 15 is 0 Å². The van der Waals surface area contributed by atoms with Crippen LogP contribution in [0, 0.1) is 0 Å². The van der Waals surface area contributed by atoms with E-state index in [2.05, 4.69) is 77.6 Å². The van der Waals surface area contributed by atoms with Crippen molar-refractivity contribution in [3.8, 4) is 0 Å². The van der Waals surface area contributed by atoms with E-state index in [1.807, 2.05) is 38.1 Å². The van der Waals surface area contributed by atoms with Crippen molar-refractivity contribution in [1.29, 1.82) is 0 Å². The molecule has 1 N–H and O–H groups in total. The number of halogens is 1. The Hall–Kier alpha value is -3.82. The van der Waals surface area contributed by atoms with Crippen LogP contribution >= 0.6 is 11.6 Å². The van der Waals surface area contributed by atoms with Crippen LogP contribution < -0.4 is 5.32 Å². The van der Waals surface area contributed by atoms with Gasteiger partial charge < -0.3 is 5.32 Å². The van der Waals surface area contributed by atoms with E-state index in [9.17, 15) is 0 Å². The molecule has 0 spiro atoms. The lowest BCUT2D eigenvalue weighted by molar-refractivity contribution is 1.18. The first-order valence-corrected chi connectivity index (χ1v) is 11.2. The normalized spacial score (nSPS) is 11.9. The average molecular weight is 450 g/mol. The van der Waals surface area contributed by atoms with Crippen molar-refractivity contribution in [3.63, 3.8) is 0 Å². The van der Waals surface area contributed by atoms with Gasteiger partial charge in [-0.2, -0.15) is 0 Å². The first kappa shape index (κ1) is 21.0. The molecule has 33 heavy (non-hydrogen) atoms. The number of nitrogens with zero attached hydrogens (tertiary/aromatic N) is 2. The van der Waals surface area contributed by atoms with Gasteiger partial charge in [0.15, 0.2) is 0 Å². The van der Waals surface area contributed by atoms with Crippen LogP contribution in [-0.4, -0.2) is 10.3 Å². The van der Waals surface area contributed by atoms with E-state index in [0.717, 1.165) is 44.5 Å². The van der Waals surface area contributed by atoms with Crippen LogP contribution in [0.1, 0.15) is 13.8 Å². The minimum absolute atomic E-state index is 0.653. The lowest BCUT2D eigenvalue weighted by Gasteiger charge is -2.11. The van der Waals surface area contributed by atoms with Crippen molar-refractivity contribution < 1.29 is 0 Å². The zero-order valence-electron chi connectivity index (χ0n) is 18.7. The van der Waals surface area contributed by atoms with Crippen LogP contribution in [0.2, 0.25) is 5.02 Å². The molecule has 0 saturated carbocycles. The number of aromatic nitrogens is 1. The standard InChI is InChI=1S/C29H24ClN3/c1-18(2)19(3)31-20(4)33-28-16-22-10-6-5-9-21(22)15-25(28)24-14-13-23(17-29(24)33)32-27-12-8-7-11-26(27)30/h5-17,32H,1,4H2,2-3H3. The van der Waals surface area contributed by atoms with Crippen molar-refractivity contribution in [3.05, 3.63) is 103 Å². The molecule has 1 heterocycles. The molecule has 162 valence electrons. The Labute approximate surface area is 198 Å². The molecule has 1 aromatic heterocycles. The van der Waals surface area contributed by atoms with Gasteiger partial charge in [-0.15, -0.1) is 0 Å². The average Bonchev–Trinajstić information content (AvgIpc) is 3.11. The fraction of sp³-hybridized carbons (Fsp3) is 0.0690. The summed E-state index contributed by atoms with van der Waals surface area (Å²) in [4.78, 5) is 4.77. The zero-order chi connectivity index (χ0) is 23.1. The van der Waals surface area contributed by atoms with Crippen LogP contribution in [0.3, 0.4) is 0 Å². The minimum Gasteiger partial charge on any atom is -0.354 e. The summed E-state index contributed by atoms with van der Waals surface area (Å²) in [6.45, 7) is 12.3. The number of nitrogens with one attached hydrogen (secondary N) is 1. The molecule has 4 aromatic carbocycles. The Morgan fingerprint density at radius 1 is 0.818 bits per heavy atom. The van der Waals surface area contributed by atoms with Crippen LogP contribution in [0.5, 0.6) is 0 Å². The first-order valence-electron chi connectivity index (χ1n) is 10.8. The fourth-order valence-electron chi connectivity index (χ4n) is 4.12. The second-order valence-electron chi connectivity index (χ2n) is 8.28. The van der Waals surface area contributed by atoms with Gasteiger partial charge in [0.1, 0.15) is 5.82 Å². The van der Waals surface area contributed by atoms with E-state index in [4.69, 9.17) is 16.6 Å². The molecule has 0 fully saturated rings. The summed E-state index contributed by atoms with van der Waals surface area (Å²) in [7, 11) is 0. The number of aliphatic imine (C=N–C) groups is 1. The van der Waals surface area contributed by atoms with Crippen molar-refractivity contribution in [1.82, 2.24) is 4.57 Å². The summed E-state index contributed by atoms with van der Waals surface area (Å²) in [5, 5.41) is 8.81. The van der Waals surface area contributed by atoms with Gasteiger partial charge in [-0.25, -0.2) is 4.99 Å². The lowest BCUT2D eigenvalue weighted by Crippen LogP contribution is -1.99. The Bertz CT molecular complexity index is 1600. The highest BCUT2D eigenvalue weighted by atomic mass is 35.5. The number of fused-ring (bicyclic) bond motifs is 4. The highest BCUT2D eigenvalue weighted by Crippen LogP contribution is 2.37. The summed E-state index contributed by atoms with van der Waals surface area (Å²) in [5.41, 5.74) is 5.69. The zero-order valence-corrected chi connectivity index (χ0v) is 19.4. The predicted octanol–water partition coefficient (Wildman–Crippen LogP) is 8.81. The smallest absolute Gasteiger partial charge is 0.130 e. The van der Waals surface area contributed by atoms with Gasteiger partial charge in [-0.05, 0) is 66.6 Å². The molecule has 0 atom stereocenters. The van der Waals surface area contributed by atoms with Gasteiger partial charge in [0.2, 0.25) is 0 Å². The van der Waals surface area contributed by atoms with Crippen LogP contribution in [-0.2, 0) is 0 Å². The van der Waals surface area contributed by atoms with Gasteiger partial charge in [0.25, 0.3) is 0 Å². The van der Waals surface area contributed by atoms with Gasteiger partial charge in [0.05, 0.1) is 21.7 Å². The van der Waals surface area contributed by atoms with E-state index < -0.39 is 0 Å². The Morgan fingerprint density at radius 3 is 2.21 bits per heavy atom. The molecule has 0 aliphatic rings. The Balaban J connectivity index is 1.77. The number of hydrogen-bond acceptors (Lipinski definition) is 2. The molecule has 5 rings (SSSR count). The summed E-state index contributed by atoms with van der Waals surface area (Å²) >= 11 is 6.38. The third-order valence-corrected chi connectivity index (χ3v) is 6.29. The molecule has 0 amide bonds. The Kier molecular flexibility index (Phi) is 5.27. The molecular weight excluding hydrogens is 426 g/mol. The largest absolute Gasteiger partial charge is 0.354 e. The predicted molar refractivity (Wildman–Crippen MR) is 145 cm³/mol. The van der Waals surface area contributed by atoms with E-state index in [0.29, 0.717) is 10.8 Å². The van der Waals surface area contributed by atoms with Gasteiger partial charge in [-0.1, -0.05) is 67.2 Å². The van der Waals surface area contributed by atoms with Crippen LogP contribution in [0.15, 0.2) is 103 Å². The van der Waals surface area contributed by atoms with Crippen LogP contribution in [0.4, 0.5) is 11.4 Å². The first-order chi connectivity index (χ1) is 15.9. The molecule has 0 radical (unpaired) electrons. The fourth-order valence-corrected chi connectivity index (χ4v) is 4.30. The second kappa shape index (κ2) is 8.27. The molecule has 5 aromatic rings. The minimum atomic E-state index is 0.653. The maximum atomic E-state index is 6.38. The third kappa shape index (κ3) is 3.81. The van der Waals surface area contributed by atoms with Crippen molar-refractivity contribution in [2.45, 2.75) is 13.8 Å². The SMILES string of the molecule is C=C(C)C(C)=NC(=C)n1c2cc(Nc3ccccc3Cl)ccc2c2cc3ccccc3cc21. The van der Waals surface area contributed by atoms with Gasteiger partial charge in [0, 0.05) is 22.2 Å². The van der Waals surface area contributed by atoms with Crippen molar-refractivity contribution in [2.75, 3.05) is 5.32 Å². The van der Waals surface area contributed by atoms with E-state index in [1.165, 1.54) is 10.8 Å². The molecule has 0 unspecified atom stereocenters. The third-order valence-electron chi connectivity index (χ3n) is 5.96. The molecule has 0 bridgehead atoms. The number of rotatable bonds is 5. The molecule has 4 heteroatoms. The lowest BCUT2D eigenvalue weighted by atomic mass is 10.1. The van der Waals surface area contributed by atoms with E-state index in [-0.39, 0.29) is 0 Å². The number of anilines is 2. The second-order valence-corrected chi connectivity index (χ2v) is 8.69. The number of allylic oxidation sites excluding steroid dienone is 1. The monoisotopic (exact) mass is 449 g/mol. The summed E-state index contributed by atoms with van der Waals surface area (Å²) in [6.07, 6.45) is 0. The molecule has 3 nitrogen and oxygen atoms in total. The number of hydrogen-bond donors (Lipinski definition) is 1. The molecule has 0 saturated heterocycles. The highest BCUT2D eigenvalue weighted by molar-refractivity contribution is 6.33. The topological polar surface area (TPSA) is 29.3 Å². The maximum absolute atomic E-state index is 6.38. The van der Waals surface area contributed by atoms with E-state index in [1.54, 1.807) is 0 Å². The summed E-state index contributed by atoms with van der Waals surface area (Å²) in [5.74, 6) is 0.653. The number of para-hydroxylation sites is 1. The van der Waals surface area contributed by atoms with Crippen LogP contribution in [0.25, 0.3) is 38.4 Å². The van der Waals surface area contributed by atoms with Crippen molar-refractivity contribution in [2.24, 2.45) is 4.99 Å². The van der Waals surface area contributed by atoms with Gasteiger partial charge >= 0.3 is 0 Å². The molecular formula is C29H24ClN3. The maximum Gasteiger partial charge on any atom is 0.130 e. The number of benzene rings is 4. The quantitative estimate of drug-likeness (QED) is 0.267. The Morgan fingerprint density at radius 2 is 1.48 bits per heavy atom. The summed E-state index contributed by atoms with van der Waals surface area (Å²) < 4.78 is 2.13.